The average molecular weight is 368 g/mol. The van der Waals surface area contributed by atoms with Gasteiger partial charge in [0.2, 0.25) is 5.91 Å². The highest BCUT2D eigenvalue weighted by atomic mass is 35.5. The Bertz CT molecular complexity index is 799. The molecule has 0 fully saturated rings. The van der Waals surface area contributed by atoms with Crippen LogP contribution < -0.4 is 5.32 Å². The topological polar surface area (TPSA) is 64.0 Å². The van der Waals surface area contributed by atoms with E-state index in [0.717, 1.165) is 5.69 Å². The molecule has 5 nitrogen and oxygen atoms in total. The second kappa shape index (κ2) is 7.36. The lowest BCUT2D eigenvalue weighted by atomic mass is 10.1. The van der Waals surface area contributed by atoms with Crippen LogP contribution in [0.2, 0.25) is 10.0 Å². The fourth-order valence-corrected chi connectivity index (χ4v) is 3.04. The van der Waals surface area contributed by atoms with Crippen molar-refractivity contribution in [3.8, 4) is 0 Å². The Labute approximate surface area is 150 Å². The van der Waals surface area contributed by atoms with Crippen LogP contribution in [0.4, 0.5) is 5.69 Å². The Hall–Kier alpha value is -1.85. The number of nitrogens with zero attached hydrogens (tertiary/aromatic N) is 2. The minimum absolute atomic E-state index is 0.0243. The van der Waals surface area contributed by atoms with Crippen LogP contribution in [0, 0.1) is 13.8 Å². The molecule has 7 heteroatoms. The van der Waals surface area contributed by atoms with Crippen LogP contribution in [-0.4, -0.2) is 21.5 Å². The summed E-state index contributed by atoms with van der Waals surface area (Å²) in [4.78, 5) is 23.9. The molecule has 1 aromatic carbocycles. The average Bonchev–Trinajstić information content (AvgIpc) is 2.78. The second-order valence-corrected chi connectivity index (χ2v) is 6.59. The highest BCUT2D eigenvalue weighted by Crippen LogP contribution is 2.26. The van der Waals surface area contributed by atoms with E-state index >= 15 is 0 Å². The third-order valence-corrected chi connectivity index (χ3v) is 4.52. The van der Waals surface area contributed by atoms with E-state index in [4.69, 9.17) is 23.2 Å². The van der Waals surface area contributed by atoms with Crippen LogP contribution >= 0.6 is 23.2 Å². The zero-order valence-corrected chi connectivity index (χ0v) is 15.5. The largest absolute Gasteiger partial charge is 0.326 e. The molecule has 0 aliphatic carbocycles. The summed E-state index contributed by atoms with van der Waals surface area (Å²) in [5, 5.41) is 7.99. The van der Waals surface area contributed by atoms with Gasteiger partial charge in [0.1, 0.15) is 0 Å². The van der Waals surface area contributed by atoms with Crippen molar-refractivity contribution in [3.63, 3.8) is 0 Å². The Kier molecular flexibility index (Phi) is 5.67. The highest BCUT2D eigenvalue weighted by Gasteiger charge is 2.20. The maximum atomic E-state index is 12.2. The quantitative estimate of drug-likeness (QED) is 0.785. The number of hydrogen-bond donors (Lipinski definition) is 1. The van der Waals surface area contributed by atoms with E-state index in [9.17, 15) is 9.59 Å². The lowest BCUT2D eigenvalue weighted by molar-refractivity contribution is -0.116. The van der Waals surface area contributed by atoms with Gasteiger partial charge < -0.3 is 5.32 Å². The van der Waals surface area contributed by atoms with Gasteiger partial charge in [0.15, 0.2) is 5.78 Å². The molecule has 1 aromatic heterocycles. The standard InChI is InChI=1S/C17H19Cl2N3O2/c1-9(22-11(3)17(12(4)23)10(2)21-22)7-16(24)20-13-5-6-14(18)15(19)8-13/h5-6,8-9H,7H2,1-4H3,(H,20,24). The molecule has 128 valence electrons. The van der Waals surface area contributed by atoms with E-state index in [1.54, 1.807) is 29.8 Å². The van der Waals surface area contributed by atoms with Crippen molar-refractivity contribution in [1.82, 2.24) is 9.78 Å². The first kappa shape index (κ1) is 18.5. The number of anilines is 1. The van der Waals surface area contributed by atoms with Crippen molar-refractivity contribution in [2.24, 2.45) is 0 Å². The van der Waals surface area contributed by atoms with Crippen LogP contribution in [-0.2, 0) is 4.79 Å². The van der Waals surface area contributed by atoms with Crippen LogP contribution in [0.1, 0.15) is 48.1 Å². The van der Waals surface area contributed by atoms with Crippen molar-refractivity contribution in [3.05, 3.63) is 45.2 Å². The number of aryl methyl sites for hydroxylation is 1. The molecule has 1 heterocycles. The zero-order chi connectivity index (χ0) is 18.0. The van der Waals surface area contributed by atoms with Gasteiger partial charge in [-0.05, 0) is 45.9 Å². The summed E-state index contributed by atoms with van der Waals surface area (Å²) in [6.07, 6.45) is 0.222. The molecule has 0 bridgehead atoms. The van der Waals surface area contributed by atoms with Gasteiger partial charge in [0.05, 0.1) is 27.3 Å². The fraction of sp³-hybridized carbons (Fsp3) is 0.353. The van der Waals surface area contributed by atoms with E-state index in [2.05, 4.69) is 10.4 Å². The number of benzene rings is 1. The lowest BCUT2D eigenvalue weighted by Crippen LogP contribution is -2.19. The fourth-order valence-electron chi connectivity index (χ4n) is 2.74. The van der Waals surface area contributed by atoms with Crippen molar-refractivity contribution >= 4 is 40.6 Å². The summed E-state index contributed by atoms with van der Waals surface area (Å²) in [6.45, 7) is 7.04. The van der Waals surface area contributed by atoms with Crippen molar-refractivity contribution in [1.29, 1.82) is 0 Å². The molecule has 0 aliphatic heterocycles. The van der Waals surface area contributed by atoms with Gasteiger partial charge in [-0.15, -0.1) is 0 Å². The number of carbonyl (C=O) groups excluding carboxylic acids is 2. The minimum atomic E-state index is -0.181. The number of nitrogens with one attached hydrogen (secondary N) is 1. The Morgan fingerprint density at radius 1 is 1.25 bits per heavy atom. The van der Waals surface area contributed by atoms with E-state index < -0.39 is 0 Å². The normalized spacial score (nSPS) is 12.1. The maximum absolute atomic E-state index is 12.2. The SMILES string of the molecule is CC(=O)c1c(C)nn(C(C)CC(=O)Nc2ccc(Cl)c(Cl)c2)c1C. The minimum Gasteiger partial charge on any atom is -0.326 e. The van der Waals surface area contributed by atoms with Gasteiger partial charge in [-0.3, -0.25) is 14.3 Å². The molecule has 0 saturated carbocycles. The summed E-state index contributed by atoms with van der Waals surface area (Å²) in [5.41, 5.74) is 2.65. The highest BCUT2D eigenvalue weighted by molar-refractivity contribution is 6.42. The number of halogens is 2. The van der Waals surface area contributed by atoms with Crippen LogP contribution in [0.15, 0.2) is 18.2 Å². The van der Waals surface area contributed by atoms with Gasteiger partial charge in [-0.1, -0.05) is 23.2 Å². The monoisotopic (exact) mass is 367 g/mol. The molecular formula is C17H19Cl2N3O2. The summed E-state index contributed by atoms with van der Waals surface area (Å²) in [7, 11) is 0. The molecule has 2 aromatic rings. The Balaban J connectivity index is 2.10. The molecule has 24 heavy (non-hydrogen) atoms. The summed E-state index contributed by atoms with van der Waals surface area (Å²) in [6, 6.07) is 4.74. The number of rotatable bonds is 5. The molecular weight excluding hydrogens is 349 g/mol. The van der Waals surface area contributed by atoms with E-state index in [1.165, 1.54) is 6.92 Å². The van der Waals surface area contributed by atoms with Gasteiger partial charge in [0.25, 0.3) is 0 Å². The first-order valence-corrected chi connectivity index (χ1v) is 8.27. The van der Waals surface area contributed by atoms with Gasteiger partial charge in [0, 0.05) is 17.8 Å². The molecule has 0 aliphatic rings. The molecule has 1 unspecified atom stereocenters. The molecule has 0 spiro atoms. The van der Waals surface area contributed by atoms with Crippen LogP contribution in [0.5, 0.6) is 0 Å². The van der Waals surface area contributed by atoms with Gasteiger partial charge in [-0.2, -0.15) is 5.10 Å². The predicted octanol–water partition coefficient (Wildman–Crippen LogP) is 4.60. The lowest BCUT2D eigenvalue weighted by Gasteiger charge is -2.14. The maximum Gasteiger partial charge on any atom is 0.226 e. The van der Waals surface area contributed by atoms with Gasteiger partial charge in [-0.25, -0.2) is 0 Å². The number of amides is 1. The molecule has 1 N–H and O–H groups in total. The van der Waals surface area contributed by atoms with Crippen molar-refractivity contribution in [2.75, 3.05) is 5.32 Å². The molecule has 0 radical (unpaired) electrons. The third kappa shape index (κ3) is 3.97. The summed E-state index contributed by atoms with van der Waals surface area (Å²) >= 11 is 11.8. The number of ketones is 1. The smallest absolute Gasteiger partial charge is 0.226 e. The first-order valence-electron chi connectivity index (χ1n) is 7.52. The van der Waals surface area contributed by atoms with Crippen LogP contribution in [0.3, 0.4) is 0 Å². The van der Waals surface area contributed by atoms with Crippen LogP contribution in [0.25, 0.3) is 0 Å². The Morgan fingerprint density at radius 2 is 1.92 bits per heavy atom. The van der Waals surface area contributed by atoms with E-state index in [-0.39, 0.29) is 24.2 Å². The molecule has 2 rings (SSSR count). The number of carbonyl (C=O) groups is 2. The number of hydrogen-bond acceptors (Lipinski definition) is 3. The number of Topliss-reactive ketones (excluding diaryl/α,β-unsaturated/α-hetero) is 1. The second-order valence-electron chi connectivity index (χ2n) is 5.78. The molecule has 1 amide bonds. The van der Waals surface area contributed by atoms with Crippen molar-refractivity contribution in [2.45, 2.75) is 40.2 Å². The van der Waals surface area contributed by atoms with E-state index in [1.807, 2.05) is 13.8 Å². The zero-order valence-electron chi connectivity index (χ0n) is 14.0. The first-order chi connectivity index (χ1) is 11.2. The van der Waals surface area contributed by atoms with Crippen molar-refractivity contribution < 1.29 is 9.59 Å². The summed E-state index contributed by atoms with van der Waals surface area (Å²) < 4.78 is 1.72. The Morgan fingerprint density at radius 3 is 2.46 bits per heavy atom. The third-order valence-electron chi connectivity index (χ3n) is 3.78. The molecule has 0 saturated heterocycles. The summed E-state index contributed by atoms with van der Waals surface area (Å²) in [5.74, 6) is -0.193. The van der Waals surface area contributed by atoms with Gasteiger partial charge >= 0.3 is 0 Å². The van der Waals surface area contributed by atoms with E-state index in [0.29, 0.717) is 27.0 Å². The number of aromatic nitrogens is 2. The molecule has 1 atom stereocenters. The predicted molar refractivity (Wildman–Crippen MR) is 96.1 cm³/mol.